The molecule has 0 fully saturated rings. The van der Waals surface area contributed by atoms with Crippen LogP contribution in [0.25, 0.3) is 0 Å². The molecule has 0 aromatic carbocycles. The number of carbonyl (C=O) groups is 2. The molecule has 0 aliphatic heterocycles. The van der Waals surface area contributed by atoms with E-state index in [1.807, 2.05) is 0 Å². The zero-order valence-corrected chi connectivity index (χ0v) is 27.3. The Balaban J connectivity index is -0.00000480. The van der Waals surface area contributed by atoms with E-state index in [9.17, 15) is 19.8 Å². The Morgan fingerprint density at radius 3 is 0.882 bits per heavy atom. The Morgan fingerprint density at radius 1 is 0.441 bits per heavy atom. The molecule has 0 heterocycles. The van der Waals surface area contributed by atoms with Crippen LogP contribution in [-0.2, 0) is 9.59 Å². The van der Waals surface area contributed by atoms with Gasteiger partial charge < -0.3 is 19.8 Å². The van der Waals surface area contributed by atoms with Crippen LogP contribution in [0.15, 0.2) is 0 Å². The smallest absolute Gasteiger partial charge is 0.550 e. The van der Waals surface area contributed by atoms with Crippen LogP contribution in [0.1, 0.15) is 155 Å². The van der Waals surface area contributed by atoms with E-state index in [4.69, 9.17) is 0 Å². The molecule has 0 aromatic rings. The van der Waals surface area contributed by atoms with Gasteiger partial charge in [-0.15, -0.1) is 0 Å². The van der Waals surface area contributed by atoms with Crippen molar-refractivity contribution in [3.63, 3.8) is 0 Å². The molecule has 0 saturated heterocycles. The molecule has 0 aliphatic rings. The van der Waals surface area contributed by atoms with Gasteiger partial charge in [-0.25, -0.2) is 0 Å². The van der Waals surface area contributed by atoms with E-state index in [0.29, 0.717) is 25.7 Å². The van der Waals surface area contributed by atoms with E-state index in [-0.39, 0.29) is 71.0 Å². The molecular formula is C28H52Na2O4. The van der Waals surface area contributed by atoms with Gasteiger partial charge in [0.1, 0.15) is 0 Å². The van der Waals surface area contributed by atoms with Gasteiger partial charge in [0.25, 0.3) is 0 Å². The summed E-state index contributed by atoms with van der Waals surface area (Å²) in [7, 11) is 0. The zero-order chi connectivity index (χ0) is 23.9. The third kappa shape index (κ3) is 26.0. The van der Waals surface area contributed by atoms with E-state index in [0.717, 1.165) is 38.5 Å². The van der Waals surface area contributed by atoms with E-state index in [1.165, 1.54) is 77.0 Å². The van der Waals surface area contributed by atoms with Crippen molar-refractivity contribution in [1.29, 1.82) is 0 Å². The second-order valence-electron chi connectivity index (χ2n) is 9.84. The molecule has 0 aliphatic carbocycles. The van der Waals surface area contributed by atoms with Gasteiger partial charge in [0.2, 0.25) is 0 Å². The van der Waals surface area contributed by atoms with E-state index < -0.39 is 11.9 Å². The molecule has 0 amide bonds. The summed E-state index contributed by atoms with van der Waals surface area (Å²) in [4.78, 5) is 22.9. The third-order valence-electron chi connectivity index (χ3n) is 6.83. The van der Waals surface area contributed by atoms with Gasteiger partial charge in [-0.05, 0) is 37.5 Å². The largest absolute Gasteiger partial charge is 1.00 e. The van der Waals surface area contributed by atoms with Crippen molar-refractivity contribution in [2.45, 2.75) is 155 Å². The fourth-order valence-corrected chi connectivity index (χ4v) is 4.59. The normalized spacial score (nSPS) is 12.4. The van der Waals surface area contributed by atoms with Crippen LogP contribution in [-0.4, -0.2) is 11.9 Å². The summed E-state index contributed by atoms with van der Waals surface area (Å²) in [6, 6.07) is 0. The summed E-state index contributed by atoms with van der Waals surface area (Å²) in [5, 5.41) is 22.9. The predicted molar refractivity (Wildman–Crippen MR) is 130 cm³/mol. The van der Waals surface area contributed by atoms with E-state index in [2.05, 4.69) is 13.8 Å². The molecule has 2 unspecified atom stereocenters. The summed E-state index contributed by atoms with van der Waals surface area (Å²) in [6.07, 6.45) is 23.4. The first-order valence-electron chi connectivity index (χ1n) is 13.9. The quantitative estimate of drug-likeness (QED) is 0.134. The van der Waals surface area contributed by atoms with Gasteiger partial charge in [-0.2, -0.15) is 0 Å². The van der Waals surface area contributed by atoms with Crippen LogP contribution in [0.2, 0.25) is 0 Å². The number of unbranched alkanes of at least 4 members (excludes halogenated alkanes) is 15. The fourth-order valence-electron chi connectivity index (χ4n) is 4.59. The van der Waals surface area contributed by atoms with Crippen molar-refractivity contribution in [2.75, 3.05) is 0 Å². The SMILES string of the molecule is CCCCCCCCCCC(CCCCC(CCCCCCCCCC)C(=O)[O-])C(=O)[O-].[Na+].[Na+]. The number of hydrogen-bond donors (Lipinski definition) is 0. The van der Waals surface area contributed by atoms with Crippen molar-refractivity contribution in [2.24, 2.45) is 11.8 Å². The van der Waals surface area contributed by atoms with Crippen molar-refractivity contribution in [1.82, 2.24) is 0 Å². The van der Waals surface area contributed by atoms with Crippen molar-refractivity contribution in [3.8, 4) is 0 Å². The second-order valence-corrected chi connectivity index (χ2v) is 9.84. The van der Waals surface area contributed by atoms with Crippen LogP contribution in [0.5, 0.6) is 0 Å². The molecule has 0 spiro atoms. The fraction of sp³-hybridized carbons (Fsp3) is 0.929. The summed E-state index contributed by atoms with van der Waals surface area (Å²) in [5.74, 6) is -2.65. The van der Waals surface area contributed by atoms with Gasteiger partial charge >= 0.3 is 59.1 Å². The van der Waals surface area contributed by atoms with Crippen molar-refractivity contribution < 1.29 is 78.9 Å². The minimum Gasteiger partial charge on any atom is -0.550 e. The van der Waals surface area contributed by atoms with Gasteiger partial charge in [-0.1, -0.05) is 129 Å². The standard InChI is InChI=1S/C28H54O4.2Na/c1-3-5-7-9-11-13-15-17-21-25(27(29)30)23-19-20-24-26(28(31)32)22-18-16-14-12-10-8-6-4-2;;/h25-26H,3-24H2,1-2H3,(H,29,30)(H,31,32);;/q;2*+1/p-2. The van der Waals surface area contributed by atoms with Crippen molar-refractivity contribution in [3.05, 3.63) is 0 Å². The molecule has 0 rings (SSSR count). The van der Waals surface area contributed by atoms with Crippen molar-refractivity contribution >= 4 is 11.9 Å². The minimum atomic E-state index is -0.941. The number of aliphatic carboxylic acids is 2. The molecule has 0 radical (unpaired) electrons. The summed E-state index contributed by atoms with van der Waals surface area (Å²) < 4.78 is 0. The molecule has 34 heavy (non-hydrogen) atoms. The Bertz CT molecular complexity index is 406. The third-order valence-corrected chi connectivity index (χ3v) is 6.83. The van der Waals surface area contributed by atoms with Crippen LogP contribution in [0, 0.1) is 11.8 Å². The summed E-state index contributed by atoms with van der Waals surface area (Å²) in [5.41, 5.74) is 0. The van der Waals surface area contributed by atoms with E-state index in [1.54, 1.807) is 0 Å². The molecule has 190 valence electrons. The maximum absolute atomic E-state index is 11.4. The number of hydrogen-bond acceptors (Lipinski definition) is 4. The first-order valence-corrected chi connectivity index (χ1v) is 13.9. The zero-order valence-electron chi connectivity index (χ0n) is 23.3. The van der Waals surface area contributed by atoms with Gasteiger partial charge in [0, 0.05) is 11.9 Å². The monoisotopic (exact) mass is 498 g/mol. The Morgan fingerprint density at radius 2 is 0.647 bits per heavy atom. The topological polar surface area (TPSA) is 80.3 Å². The maximum atomic E-state index is 11.4. The van der Waals surface area contributed by atoms with Crippen LogP contribution < -0.4 is 69.3 Å². The minimum absolute atomic E-state index is 0. The average Bonchev–Trinajstić information content (AvgIpc) is 2.76. The molecule has 0 N–H and O–H groups in total. The Hall–Kier alpha value is 0.940. The molecule has 0 bridgehead atoms. The molecule has 0 saturated carbocycles. The van der Waals surface area contributed by atoms with E-state index >= 15 is 0 Å². The number of carbonyl (C=O) groups excluding carboxylic acids is 2. The summed E-state index contributed by atoms with van der Waals surface area (Å²) >= 11 is 0. The van der Waals surface area contributed by atoms with Gasteiger partial charge in [-0.3, -0.25) is 0 Å². The average molecular weight is 499 g/mol. The number of carboxylic acid groups (broad SMARTS) is 2. The van der Waals surface area contributed by atoms with Crippen LogP contribution >= 0.6 is 0 Å². The molecule has 0 aromatic heterocycles. The Kier molecular flexibility index (Phi) is 35.0. The Labute approximate surface area is 255 Å². The molecule has 6 heteroatoms. The maximum Gasteiger partial charge on any atom is 1.00 e. The first kappa shape index (κ1) is 39.5. The first-order chi connectivity index (χ1) is 15.5. The summed E-state index contributed by atoms with van der Waals surface area (Å²) in [6.45, 7) is 4.44. The second kappa shape index (κ2) is 30.2. The molecule has 2 atom stereocenters. The number of rotatable bonds is 25. The number of carboxylic acids is 2. The molecule has 4 nitrogen and oxygen atoms in total. The van der Waals surface area contributed by atoms with Gasteiger partial charge in [0.05, 0.1) is 0 Å². The van der Waals surface area contributed by atoms with Gasteiger partial charge in [0.15, 0.2) is 0 Å². The van der Waals surface area contributed by atoms with Crippen LogP contribution in [0.3, 0.4) is 0 Å². The predicted octanol–water partition coefficient (Wildman–Crippen LogP) is 0.349. The van der Waals surface area contributed by atoms with Crippen LogP contribution in [0.4, 0.5) is 0 Å². The molecular weight excluding hydrogens is 446 g/mol.